The van der Waals surface area contributed by atoms with Gasteiger partial charge >= 0.3 is 6.03 Å². The molecule has 90 valence electrons. The van der Waals surface area contributed by atoms with Gasteiger partial charge in [0.1, 0.15) is 9.84 Å². The average Bonchev–Trinajstić information content (AvgIpc) is 2.69. The number of hydrogen-bond acceptors (Lipinski definition) is 4. The van der Waals surface area contributed by atoms with E-state index >= 15 is 0 Å². The van der Waals surface area contributed by atoms with Gasteiger partial charge in [0.25, 0.3) is 0 Å². The van der Waals surface area contributed by atoms with Gasteiger partial charge in [-0.25, -0.2) is 4.79 Å². The highest BCUT2D eigenvalue weighted by atomic mass is 35.5. The summed E-state index contributed by atoms with van der Waals surface area (Å²) in [4.78, 5) is 11.0. The Balaban J connectivity index is 2.03. The zero-order valence-electron chi connectivity index (χ0n) is 8.45. The molecule has 0 unspecified atom stereocenters. The lowest BCUT2D eigenvalue weighted by Gasteiger charge is -2.05. The lowest BCUT2D eigenvalue weighted by Crippen LogP contribution is -2.29. The molecule has 0 radical (unpaired) electrons. The fourth-order valence-electron chi connectivity index (χ4n) is 1.00. The summed E-state index contributed by atoms with van der Waals surface area (Å²) in [5, 5.41) is 9.55. The number of amides is 2. The van der Waals surface area contributed by atoms with Gasteiger partial charge in [0.2, 0.25) is 0 Å². The molecule has 16 heavy (non-hydrogen) atoms. The topological polar surface area (TPSA) is 66.9 Å². The van der Waals surface area contributed by atoms with Crippen molar-refractivity contribution < 1.29 is 4.79 Å². The molecule has 0 spiro atoms. The predicted octanol–water partition coefficient (Wildman–Crippen LogP) is 2.63. The van der Waals surface area contributed by atoms with E-state index in [0.29, 0.717) is 11.5 Å². The molecule has 5 nitrogen and oxygen atoms in total. The molecule has 0 fully saturated rings. The summed E-state index contributed by atoms with van der Waals surface area (Å²) in [6.45, 7) is 0.596. The van der Waals surface area contributed by atoms with E-state index in [2.05, 4.69) is 20.2 Å². The highest BCUT2D eigenvalue weighted by Gasteiger charge is 2.03. The van der Waals surface area contributed by atoms with Gasteiger partial charge in [0.05, 0.1) is 6.20 Å². The monoisotopic (exact) mass is 282 g/mol. The van der Waals surface area contributed by atoms with Crippen molar-refractivity contribution in [3.8, 4) is 0 Å². The molecule has 2 N–H and O–H groups in total. The number of hydrogen-bond donors (Lipinski definition) is 2. The summed E-state index contributed by atoms with van der Waals surface area (Å²) in [5.41, 5.74) is 0. The van der Waals surface area contributed by atoms with Gasteiger partial charge in [-0.1, -0.05) is 4.49 Å². The number of unbranched alkanes of at least 4 members (excludes halogenated alkanes) is 1. The zero-order valence-corrected chi connectivity index (χ0v) is 10.8. The molecule has 2 amide bonds. The predicted molar refractivity (Wildman–Crippen MR) is 66.3 cm³/mol. The summed E-state index contributed by atoms with van der Waals surface area (Å²) in [6.07, 6.45) is 3.98. The van der Waals surface area contributed by atoms with Crippen LogP contribution in [0.2, 0.25) is 0 Å². The van der Waals surface area contributed by atoms with E-state index in [1.54, 1.807) is 0 Å². The van der Waals surface area contributed by atoms with Gasteiger partial charge < -0.3 is 5.32 Å². The Morgan fingerprint density at radius 3 is 2.94 bits per heavy atom. The van der Waals surface area contributed by atoms with Crippen LogP contribution in [0.3, 0.4) is 0 Å². The van der Waals surface area contributed by atoms with Crippen molar-refractivity contribution in [1.82, 2.24) is 14.9 Å². The molecule has 0 bridgehead atoms. The van der Waals surface area contributed by atoms with Gasteiger partial charge in [-0.15, -0.1) is 28.3 Å². The van der Waals surface area contributed by atoms with E-state index in [1.165, 1.54) is 6.20 Å². The molecule has 0 saturated carbocycles. The molecule has 8 heteroatoms. The van der Waals surface area contributed by atoms with Crippen LogP contribution in [0.1, 0.15) is 19.3 Å². The first-order valence-corrected chi connectivity index (χ1v) is 6.43. The Labute approximate surface area is 108 Å². The SMILES string of the molecule is O=C(NCCCCC(Cl)Cl)Nc1cnns1. The average molecular weight is 283 g/mol. The van der Waals surface area contributed by atoms with Crippen LogP contribution in [-0.2, 0) is 0 Å². The number of nitrogens with one attached hydrogen (secondary N) is 2. The molecule has 0 aliphatic rings. The van der Waals surface area contributed by atoms with E-state index in [-0.39, 0.29) is 10.9 Å². The Hall–Kier alpha value is -0.590. The number of urea groups is 1. The van der Waals surface area contributed by atoms with Crippen LogP contribution in [-0.4, -0.2) is 27.0 Å². The number of halogens is 2. The third-order valence-corrected chi connectivity index (χ3v) is 2.75. The first-order valence-electron chi connectivity index (χ1n) is 4.79. The number of alkyl halides is 2. The van der Waals surface area contributed by atoms with Crippen molar-refractivity contribution in [2.45, 2.75) is 24.1 Å². The summed E-state index contributed by atoms with van der Waals surface area (Å²) < 4.78 is 3.62. The fourth-order valence-corrected chi connectivity index (χ4v) is 1.73. The van der Waals surface area contributed by atoms with Crippen molar-refractivity contribution in [3.05, 3.63) is 6.20 Å². The number of carbonyl (C=O) groups excluding carboxylic acids is 1. The highest BCUT2D eigenvalue weighted by molar-refractivity contribution is 7.10. The zero-order chi connectivity index (χ0) is 11.8. The molecule has 1 rings (SSSR count). The van der Waals surface area contributed by atoms with Crippen molar-refractivity contribution in [2.75, 3.05) is 11.9 Å². The third-order valence-electron chi connectivity index (χ3n) is 1.73. The van der Waals surface area contributed by atoms with Crippen LogP contribution in [0.5, 0.6) is 0 Å². The number of nitrogens with zero attached hydrogens (tertiary/aromatic N) is 2. The van der Waals surface area contributed by atoms with Crippen LogP contribution < -0.4 is 10.6 Å². The maximum Gasteiger partial charge on any atom is 0.319 e. The Kier molecular flexibility index (Phi) is 6.44. The first-order chi connectivity index (χ1) is 7.68. The van der Waals surface area contributed by atoms with Gasteiger partial charge in [0, 0.05) is 18.1 Å². The maximum absolute atomic E-state index is 11.3. The maximum atomic E-state index is 11.3. The van der Waals surface area contributed by atoms with Crippen molar-refractivity contribution >= 4 is 45.8 Å². The van der Waals surface area contributed by atoms with Crippen molar-refractivity contribution in [3.63, 3.8) is 0 Å². The Morgan fingerprint density at radius 1 is 1.50 bits per heavy atom. The van der Waals surface area contributed by atoms with E-state index in [9.17, 15) is 4.79 Å². The molecular weight excluding hydrogens is 271 g/mol. The highest BCUT2D eigenvalue weighted by Crippen LogP contribution is 2.11. The van der Waals surface area contributed by atoms with Gasteiger partial charge in [-0.2, -0.15) is 0 Å². The molecular formula is C8H12Cl2N4OS. The second-order valence-electron chi connectivity index (χ2n) is 3.05. The summed E-state index contributed by atoms with van der Waals surface area (Å²) >= 11 is 12.3. The quantitative estimate of drug-likeness (QED) is 0.623. The smallest absolute Gasteiger partial charge is 0.319 e. The first kappa shape index (κ1) is 13.5. The molecule has 0 atom stereocenters. The van der Waals surface area contributed by atoms with Crippen molar-refractivity contribution in [1.29, 1.82) is 0 Å². The minimum absolute atomic E-state index is 0.251. The summed E-state index contributed by atoms with van der Waals surface area (Å²) in [7, 11) is 0. The van der Waals surface area contributed by atoms with Crippen LogP contribution in [0, 0.1) is 0 Å². The van der Waals surface area contributed by atoms with E-state index in [1.807, 2.05) is 0 Å². The molecule has 0 saturated heterocycles. The number of anilines is 1. The summed E-state index contributed by atoms with van der Waals surface area (Å²) in [5.74, 6) is 0. The lowest BCUT2D eigenvalue weighted by atomic mass is 10.2. The standard InChI is InChI=1S/C8H12Cl2N4OS/c9-6(10)3-1-2-4-11-8(15)13-7-5-12-14-16-7/h5-6H,1-4H2,(H2,11,13,15). The molecule has 0 aliphatic heterocycles. The molecule has 1 aromatic rings. The summed E-state index contributed by atoms with van der Waals surface area (Å²) in [6, 6.07) is -0.251. The van der Waals surface area contributed by atoms with Gasteiger partial charge in [-0.3, -0.25) is 5.32 Å². The van der Waals surface area contributed by atoms with Gasteiger partial charge in [-0.05, 0) is 19.3 Å². The third kappa shape index (κ3) is 6.09. The lowest BCUT2D eigenvalue weighted by molar-refractivity contribution is 0.252. The van der Waals surface area contributed by atoms with Crippen LogP contribution in [0.4, 0.5) is 9.80 Å². The Bertz CT molecular complexity index is 307. The fraction of sp³-hybridized carbons (Fsp3) is 0.625. The van der Waals surface area contributed by atoms with E-state index in [4.69, 9.17) is 23.2 Å². The number of aromatic nitrogens is 2. The van der Waals surface area contributed by atoms with Crippen LogP contribution in [0.15, 0.2) is 6.20 Å². The number of rotatable bonds is 6. The van der Waals surface area contributed by atoms with Crippen molar-refractivity contribution in [2.24, 2.45) is 0 Å². The largest absolute Gasteiger partial charge is 0.338 e. The molecule has 1 heterocycles. The number of carbonyl (C=O) groups is 1. The minimum Gasteiger partial charge on any atom is -0.338 e. The second-order valence-corrected chi connectivity index (χ2v) is 5.11. The van der Waals surface area contributed by atoms with Crippen LogP contribution in [0.25, 0.3) is 0 Å². The molecule has 1 aromatic heterocycles. The van der Waals surface area contributed by atoms with Crippen LogP contribution >= 0.6 is 34.7 Å². The molecule has 0 aliphatic carbocycles. The normalized spacial score (nSPS) is 10.4. The minimum atomic E-state index is -0.322. The van der Waals surface area contributed by atoms with E-state index < -0.39 is 0 Å². The van der Waals surface area contributed by atoms with E-state index in [0.717, 1.165) is 30.8 Å². The Morgan fingerprint density at radius 2 is 2.31 bits per heavy atom. The van der Waals surface area contributed by atoms with Gasteiger partial charge in [0.15, 0.2) is 0 Å². The molecule has 0 aromatic carbocycles. The second kappa shape index (κ2) is 7.65.